The van der Waals surface area contributed by atoms with Gasteiger partial charge in [0, 0.05) is 17.7 Å². The molecule has 2 atom stereocenters. The summed E-state index contributed by atoms with van der Waals surface area (Å²) in [6.45, 7) is 3.59. The molecule has 0 aliphatic carbocycles. The Morgan fingerprint density at radius 2 is 1.54 bits per heavy atom. The van der Waals surface area contributed by atoms with Crippen molar-refractivity contribution in [1.29, 1.82) is 0 Å². The Bertz CT molecular complexity index is 130. The van der Waals surface area contributed by atoms with E-state index in [0.717, 1.165) is 5.92 Å². The number of hydrogen-bond acceptors (Lipinski definition) is 2. The number of rotatable bonds is 7. The third kappa shape index (κ3) is 6.33. The van der Waals surface area contributed by atoms with Crippen LogP contribution < -0.4 is 0 Å². The van der Waals surface area contributed by atoms with Gasteiger partial charge in [0.2, 0.25) is 0 Å². The van der Waals surface area contributed by atoms with Crippen LogP contribution in [-0.2, 0) is 0 Å². The Hall–Kier alpha value is 0.240. The van der Waals surface area contributed by atoms with E-state index in [0.29, 0.717) is 12.8 Å². The molecule has 0 aromatic carbocycles. The van der Waals surface area contributed by atoms with Crippen molar-refractivity contribution in [3.05, 3.63) is 18.6 Å². The summed E-state index contributed by atoms with van der Waals surface area (Å²) in [5, 5.41) is 18.5. The predicted octanol–water partition coefficient (Wildman–Crippen LogP) is 1.73. The molecule has 0 rings (SSSR count). The van der Waals surface area contributed by atoms with Crippen molar-refractivity contribution in [2.24, 2.45) is 0 Å². The summed E-state index contributed by atoms with van der Waals surface area (Å²) in [6.07, 6.45) is 1.38. The van der Waals surface area contributed by atoms with Crippen molar-refractivity contribution in [1.82, 2.24) is 0 Å². The van der Waals surface area contributed by atoms with Gasteiger partial charge in [0.15, 0.2) is 0 Å². The second kappa shape index (κ2) is 7.63. The van der Waals surface area contributed by atoms with Gasteiger partial charge < -0.3 is 10.2 Å². The van der Waals surface area contributed by atoms with Crippen molar-refractivity contribution < 1.29 is 10.2 Å². The Morgan fingerprint density at radius 1 is 1.15 bits per heavy atom. The minimum atomic E-state index is -0.572. The number of aliphatic hydroxyl groups is 2. The van der Waals surface area contributed by atoms with Crippen LogP contribution in [0.5, 0.6) is 0 Å². The maximum Gasteiger partial charge on any atom is 0.0684 e. The van der Waals surface area contributed by atoms with Gasteiger partial charge in [0.25, 0.3) is 0 Å². The van der Waals surface area contributed by atoms with Crippen molar-refractivity contribution in [2.75, 3.05) is 11.8 Å². The lowest BCUT2D eigenvalue weighted by Crippen LogP contribution is -2.18. The fourth-order valence-corrected chi connectivity index (χ4v) is 1.18. The van der Waals surface area contributed by atoms with Crippen LogP contribution in [0.2, 0.25) is 0 Å². The van der Waals surface area contributed by atoms with E-state index in [2.05, 4.69) is 6.58 Å². The maximum atomic E-state index is 9.23. The summed E-state index contributed by atoms with van der Waals surface area (Å²) in [4.78, 5) is 0. The molecular weight excluding hydrogens is 211 g/mol. The molecule has 0 saturated carbocycles. The van der Waals surface area contributed by atoms with Crippen LogP contribution in [0, 0.1) is 5.92 Å². The predicted molar refractivity (Wildman–Crippen MR) is 56.1 cm³/mol. The number of allylic oxidation sites excluding steroid dienone is 1. The lowest BCUT2D eigenvalue weighted by atomic mass is 9.96. The van der Waals surface area contributed by atoms with E-state index in [1.165, 1.54) is 0 Å². The first-order valence-corrected chi connectivity index (χ1v) is 5.16. The highest BCUT2D eigenvalue weighted by Crippen LogP contribution is 2.18. The lowest BCUT2D eigenvalue weighted by molar-refractivity contribution is 0.170. The molecule has 0 fully saturated rings. The maximum absolute atomic E-state index is 9.23. The lowest BCUT2D eigenvalue weighted by Gasteiger charge is -2.16. The molecular formula is C9H15Cl2O2. The summed E-state index contributed by atoms with van der Waals surface area (Å²) < 4.78 is 0. The Labute approximate surface area is 89.2 Å². The second-order valence-corrected chi connectivity index (χ2v) is 3.50. The standard InChI is InChI=1S/C9H15Cl2O2/c1-2-7(3-8(12)5-10)4-9(13)6-11/h2,8-9,12-13H,1,3-6H2. The number of aliphatic hydroxyl groups excluding tert-OH is 2. The van der Waals surface area contributed by atoms with Gasteiger partial charge in [-0.3, -0.25) is 0 Å². The van der Waals surface area contributed by atoms with Crippen LogP contribution in [0.25, 0.3) is 0 Å². The third-order valence-electron chi connectivity index (χ3n) is 1.64. The van der Waals surface area contributed by atoms with Crippen molar-refractivity contribution in [2.45, 2.75) is 25.0 Å². The van der Waals surface area contributed by atoms with Crippen LogP contribution in [0.3, 0.4) is 0 Å². The van der Waals surface area contributed by atoms with Crippen molar-refractivity contribution >= 4 is 23.2 Å². The molecule has 0 heterocycles. The summed E-state index contributed by atoms with van der Waals surface area (Å²) in [6, 6.07) is 0. The summed E-state index contributed by atoms with van der Waals surface area (Å²) in [7, 11) is 0. The highest BCUT2D eigenvalue weighted by molar-refractivity contribution is 6.18. The van der Waals surface area contributed by atoms with Crippen LogP contribution in [0.4, 0.5) is 0 Å². The molecule has 0 bridgehead atoms. The van der Waals surface area contributed by atoms with Crippen LogP contribution in [0.1, 0.15) is 12.8 Å². The molecule has 2 N–H and O–H groups in total. The van der Waals surface area contributed by atoms with E-state index >= 15 is 0 Å². The molecule has 13 heavy (non-hydrogen) atoms. The van der Waals surface area contributed by atoms with E-state index in [1.807, 2.05) is 0 Å². The van der Waals surface area contributed by atoms with Crippen LogP contribution in [-0.4, -0.2) is 34.2 Å². The fraction of sp³-hybridized carbons (Fsp3) is 0.667. The van der Waals surface area contributed by atoms with Gasteiger partial charge in [-0.25, -0.2) is 0 Å². The monoisotopic (exact) mass is 225 g/mol. The van der Waals surface area contributed by atoms with Crippen LogP contribution in [0.15, 0.2) is 12.7 Å². The average Bonchev–Trinajstić information content (AvgIpc) is 2.16. The van der Waals surface area contributed by atoms with Crippen molar-refractivity contribution in [3.8, 4) is 0 Å². The Kier molecular flexibility index (Phi) is 7.77. The highest BCUT2D eigenvalue weighted by Gasteiger charge is 2.15. The normalized spacial score (nSPS) is 15.8. The molecule has 0 amide bonds. The quantitative estimate of drug-likeness (QED) is 0.649. The Morgan fingerprint density at radius 3 is 1.77 bits per heavy atom. The zero-order valence-electron chi connectivity index (χ0n) is 7.42. The van der Waals surface area contributed by atoms with E-state index < -0.39 is 12.2 Å². The highest BCUT2D eigenvalue weighted by atomic mass is 35.5. The molecule has 4 heteroatoms. The van der Waals surface area contributed by atoms with E-state index in [9.17, 15) is 10.2 Å². The topological polar surface area (TPSA) is 40.5 Å². The first-order chi connectivity index (χ1) is 6.13. The SMILES string of the molecule is C=C[C](CC(O)CCl)CC(O)CCl. The minimum absolute atomic E-state index is 0.189. The fourth-order valence-electron chi connectivity index (χ4n) is 0.964. The zero-order chi connectivity index (χ0) is 10.3. The molecule has 2 unspecified atom stereocenters. The number of alkyl halides is 2. The molecule has 1 radical (unpaired) electrons. The molecule has 0 spiro atoms. The molecule has 0 saturated heterocycles. The van der Waals surface area contributed by atoms with Gasteiger partial charge in [-0.15, -0.1) is 29.8 Å². The third-order valence-corrected chi connectivity index (χ3v) is 2.35. The van der Waals surface area contributed by atoms with Gasteiger partial charge in [-0.05, 0) is 12.8 Å². The van der Waals surface area contributed by atoms with E-state index in [4.69, 9.17) is 23.2 Å². The number of hydrogen-bond donors (Lipinski definition) is 2. The smallest absolute Gasteiger partial charge is 0.0684 e. The molecule has 0 aliphatic heterocycles. The molecule has 0 aromatic heterocycles. The van der Waals surface area contributed by atoms with Gasteiger partial charge in [0.1, 0.15) is 0 Å². The largest absolute Gasteiger partial charge is 0.392 e. The number of halogens is 2. The molecule has 0 aromatic rings. The van der Waals surface area contributed by atoms with Gasteiger partial charge in [0.05, 0.1) is 12.2 Å². The first kappa shape index (κ1) is 13.2. The van der Waals surface area contributed by atoms with Crippen molar-refractivity contribution in [3.63, 3.8) is 0 Å². The first-order valence-electron chi connectivity index (χ1n) is 4.09. The summed E-state index contributed by atoms with van der Waals surface area (Å²) >= 11 is 10.9. The molecule has 77 valence electrons. The molecule has 0 aliphatic rings. The minimum Gasteiger partial charge on any atom is -0.392 e. The van der Waals surface area contributed by atoms with Gasteiger partial charge in [-0.2, -0.15) is 0 Å². The van der Waals surface area contributed by atoms with E-state index in [-0.39, 0.29) is 11.8 Å². The summed E-state index contributed by atoms with van der Waals surface area (Å²) in [5.41, 5.74) is 0. The van der Waals surface area contributed by atoms with Gasteiger partial charge >= 0.3 is 0 Å². The average molecular weight is 226 g/mol. The molecule has 2 nitrogen and oxygen atoms in total. The van der Waals surface area contributed by atoms with Crippen LogP contribution >= 0.6 is 23.2 Å². The second-order valence-electron chi connectivity index (χ2n) is 2.89. The summed E-state index contributed by atoms with van der Waals surface area (Å²) in [5.74, 6) is 1.25. The van der Waals surface area contributed by atoms with E-state index in [1.54, 1.807) is 6.08 Å². The Balaban J connectivity index is 3.81. The van der Waals surface area contributed by atoms with Gasteiger partial charge in [-0.1, -0.05) is 6.08 Å². The zero-order valence-corrected chi connectivity index (χ0v) is 8.93.